The molecule has 1 amide bonds. The van der Waals surface area contributed by atoms with Gasteiger partial charge in [0.25, 0.3) is 5.91 Å². The SMILES string of the molecule is CCCN(C)c1cc(C)nc(SCc2ccc(C(=O)N3CCC(C(=O)OCC)CC3)o2)n1. The number of anilines is 1. The Hall–Kier alpha value is -2.55. The Morgan fingerprint density at radius 1 is 1.25 bits per heavy atom. The molecule has 1 fully saturated rings. The molecule has 0 atom stereocenters. The summed E-state index contributed by atoms with van der Waals surface area (Å²) in [5.41, 5.74) is 0.919. The van der Waals surface area contributed by atoms with E-state index in [-0.39, 0.29) is 17.8 Å². The van der Waals surface area contributed by atoms with Crippen molar-refractivity contribution in [3.05, 3.63) is 35.4 Å². The average Bonchev–Trinajstić information content (AvgIpc) is 3.26. The van der Waals surface area contributed by atoms with Crippen LogP contribution in [0.4, 0.5) is 5.82 Å². The molecule has 174 valence electrons. The molecule has 0 N–H and O–H groups in total. The second-order valence-corrected chi connectivity index (χ2v) is 8.89. The van der Waals surface area contributed by atoms with E-state index in [2.05, 4.69) is 21.8 Å². The van der Waals surface area contributed by atoms with Gasteiger partial charge in [0.15, 0.2) is 10.9 Å². The van der Waals surface area contributed by atoms with Gasteiger partial charge < -0.3 is 19.0 Å². The summed E-state index contributed by atoms with van der Waals surface area (Å²) in [7, 11) is 2.03. The van der Waals surface area contributed by atoms with Crippen molar-refractivity contribution in [2.24, 2.45) is 5.92 Å². The summed E-state index contributed by atoms with van der Waals surface area (Å²) in [5.74, 6) is 2.04. The molecule has 3 heterocycles. The maximum atomic E-state index is 12.8. The van der Waals surface area contributed by atoms with Crippen LogP contribution in [-0.4, -0.2) is 60.0 Å². The van der Waals surface area contributed by atoms with Crippen LogP contribution in [0.2, 0.25) is 0 Å². The lowest BCUT2D eigenvalue weighted by Gasteiger charge is -2.30. The summed E-state index contributed by atoms with van der Waals surface area (Å²) < 4.78 is 10.9. The quantitative estimate of drug-likeness (QED) is 0.316. The zero-order valence-corrected chi connectivity index (χ0v) is 20.1. The Kier molecular flexibility index (Phi) is 8.55. The number of thioether (sulfide) groups is 1. The highest BCUT2D eigenvalue weighted by Crippen LogP contribution is 2.25. The van der Waals surface area contributed by atoms with E-state index in [0.717, 1.165) is 24.5 Å². The van der Waals surface area contributed by atoms with E-state index in [1.165, 1.54) is 11.8 Å². The number of hydrogen-bond acceptors (Lipinski definition) is 8. The third-order valence-corrected chi connectivity index (χ3v) is 6.26. The molecule has 0 saturated carbocycles. The summed E-state index contributed by atoms with van der Waals surface area (Å²) in [4.78, 5) is 37.7. The second-order valence-electron chi connectivity index (χ2n) is 7.94. The van der Waals surface area contributed by atoms with E-state index in [4.69, 9.17) is 9.15 Å². The molecule has 32 heavy (non-hydrogen) atoms. The van der Waals surface area contributed by atoms with Crippen LogP contribution >= 0.6 is 11.8 Å². The van der Waals surface area contributed by atoms with Crippen molar-refractivity contribution >= 4 is 29.5 Å². The number of carbonyl (C=O) groups excluding carboxylic acids is 2. The molecule has 1 aliphatic rings. The van der Waals surface area contributed by atoms with Gasteiger partial charge >= 0.3 is 5.97 Å². The number of esters is 1. The molecule has 1 aliphatic heterocycles. The smallest absolute Gasteiger partial charge is 0.309 e. The maximum Gasteiger partial charge on any atom is 0.309 e. The molecule has 0 aromatic carbocycles. The minimum absolute atomic E-state index is 0.127. The van der Waals surface area contributed by atoms with E-state index in [1.54, 1.807) is 17.9 Å². The second kappa shape index (κ2) is 11.4. The minimum Gasteiger partial charge on any atom is -0.466 e. The third-order valence-electron chi connectivity index (χ3n) is 5.39. The Morgan fingerprint density at radius 2 is 2.00 bits per heavy atom. The fourth-order valence-corrected chi connectivity index (χ4v) is 4.47. The lowest BCUT2D eigenvalue weighted by Crippen LogP contribution is -2.40. The molecule has 3 rings (SSSR count). The third kappa shape index (κ3) is 6.25. The Bertz CT molecular complexity index is 924. The van der Waals surface area contributed by atoms with Crippen LogP contribution in [0.5, 0.6) is 0 Å². The van der Waals surface area contributed by atoms with Gasteiger partial charge in [0.2, 0.25) is 0 Å². The molecule has 2 aromatic heterocycles. The van der Waals surface area contributed by atoms with Crippen molar-refractivity contribution in [2.45, 2.75) is 50.9 Å². The lowest BCUT2D eigenvalue weighted by atomic mass is 9.97. The highest BCUT2D eigenvalue weighted by atomic mass is 32.2. The van der Waals surface area contributed by atoms with Crippen LogP contribution in [0.15, 0.2) is 27.8 Å². The minimum atomic E-state index is -0.167. The number of furan rings is 1. The van der Waals surface area contributed by atoms with Crippen molar-refractivity contribution in [3.63, 3.8) is 0 Å². The van der Waals surface area contributed by atoms with Crippen molar-refractivity contribution in [2.75, 3.05) is 38.2 Å². The largest absolute Gasteiger partial charge is 0.466 e. The van der Waals surface area contributed by atoms with Gasteiger partial charge in [-0.1, -0.05) is 18.7 Å². The highest BCUT2D eigenvalue weighted by Gasteiger charge is 2.29. The topological polar surface area (TPSA) is 88.8 Å². The van der Waals surface area contributed by atoms with Crippen molar-refractivity contribution < 1.29 is 18.7 Å². The van der Waals surface area contributed by atoms with Gasteiger partial charge in [-0.15, -0.1) is 0 Å². The zero-order chi connectivity index (χ0) is 23.1. The number of ether oxygens (including phenoxy) is 1. The molecule has 2 aromatic rings. The van der Waals surface area contributed by atoms with Crippen molar-refractivity contribution in [1.29, 1.82) is 0 Å². The highest BCUT2D eigenvalue weighted by molar-refractivity contribution is 7.98. The van der Waals surface area contributed by atoms with Crippen molar-refractivity contribution in [1.82, 2.24) is 14.9 Å². The van der Waals surface area contributed by atoms with Gasteiger partial charge in [-0.2, -0.15) is 0 Å². The Labute approximate surface area is 193 Å². The van der Waals surface area contributed by atoms with E-state index < -0.39 is 0 Å². The normalized spacial score (nSPS) is 14.4. The van der Waals surface area contributed by atoms with Crippen LogP contribution in [0, 0.1) is 12.8 Å². The molecular formula is C23H32N4O4S. The molecule has 0 bridgehead atoms. The lowest BCUT2D eigenvalue weighted by molar-refractivity contribution is -0.149. The summed E-state index contributed by atoms with van der Waals surface area (Å²) in [6.45, 7) is 8.27. The molecule has 8 nitrogen and oxygen atoms in total. The first kappa shape index (κ1) is 24.1. The monoisotopic (exact) mass is 460 g/mol. The van der Waals surface area contributed by atoms with Gasteiger partial charge in [-0.25, -0.2) is 9.97 Å². The fourth-order valence-electron chi connectivity index (χ4n) is 3.68. The van der Waals surface area contributed by atoms with Crippen LogP contribution < -0.4 is 4.90 Å². The number of rotatable bonds is 9. The summed E-state index contributed by atoms with van der Waals surface area (Å²) >= 11 is 1.49. The number of carbonyl (C=O) groups is 2. The number of amides is 1. The van der Waals surface area contributed by atoms with Crippen LogP contribution in [0.1, 0.15) is 55.1 Å². The molecule has 1 saturated heterocycles. The number of nitrogens with zero attached hydrogens (tertiary/aromatic N) is 4. The summed E-state index contributed by atoms with van der Waals surface area (Å²) in [6.07, 6.45) is 2.28. The average molecular weight is 461 g/mol. The van der Waals surface area contributed by atoms with E-state index in [9.17, 15) is 9.59 Å². The number of piperidine rings is 1. The fraction of sp³-hybridized carbons (Fsp3) is 0.565. The number of aromatic nitrogens is 2. The first-order valence-electron chi connectivity index (χ1n) is 11.2. The molecule has 0 unspecified atom stereocenters. The van der Waals surface area contributed by atoms with Gasteiger partial charge in [0.1, 0.15) is 11.6 Å². The predicted molar refractivity (Wildman–Crippen MR) is 124 cm³/mol. The molecular weight excluding hydrogens is 428 g/mol. The van der Waals surface area contributed by atoms with Gasteiger partial charge in [0, 0.05) is 38.4 Å². The number of hydrogen-bond donors (Lipinski definition) is 0. The Balaban J connectivity index is 1.55. The Morgan fingerprint density at radius 3 is 2.69 bits per heavy atom. The van der Waals surface area contributed by atoms with E-state index >= 15 is 0 Å². The van der Waals surface area contributed by atoms with Crippen molar-refractivity contribution in [3.8, 4) is 0 Å². The van der Waals surface area contributed by atoms with E-state index in [0.29, 0.717) is 55.0 Å². The van der Waals surface area contributed by atoms with Crippen LogP contribution in [-0.2, 0) is 15.3 Å². The summed E-state index contributed by atoms with van der Waals surface area (Å²) in [5, 5.41) is 0.688. The maximum absolute atomic E-state index is 12.8. The summed E-state index contributed by atoms with van der Waals surface area (Å²) in [6, 6.07) is 5.52. The van der Waals surface area contributed by atoms with Gasteiger partial charge in [-0.05, 0) is 45.2 Å². The molecule has 0 radical (unpaired) electrons. The van der Waals surface area contributed by atoms with Crippen LogP contribution in [0.25, 0.3) is 0 Å². The molecule has 0 aliphatic carbocycles. The first-order chi connectivity index (χ1) is 15.4. The number of likely N-dealkylation sites (tertiary alicyclic amines) is 1. The standard InChI is InChI=1S/C23H32N4O4S/c1-5-11-26(4)20-14-16(3)24-23(25-20)32-15-18-7-8-19(31-18)21(28)27-12-9-17(10-13-27)22(29)30-6-2/h7-8,14,17H,5-6,9-13,15H2,1-4H3. The number of aryl methyl sites for hydroxylation is 1. The zero-order valence-electron chi connectivity index (χ0n) is 19.3. The molecule has 0 spiro atoms. The molecule has 9 heteroatoms. The predicted octanol–water partition coefficient (Wildman–Crippen LogP) is 3.93. The van der Waals surface area contributed by atoms with Gasteiger partial charge in [0.05, 0.1) is 18.3 Å². The van der Waals surface area contributed by atoms with Crippen LogP contribution in [0.3, 0.4) is 0 Å². The first-order valence-corrected chi connectivity index (χ1v) is 12.1. The van der Waals surface area contributed by atoms with Gasteiger partial charge in [-0.3, -0.25) is 9.59 Å². The van der Waals surface area contributed by atoms with E-state index in [1.807, 2.05) is 26.1 Å².